The lowest BCUT2D eigenvalue weighted by Crippen LogP contribution is -2.25. The summed E-state index contributed by atoms with van der Waals surface area (Å²) in [6.45, 7) is 7.76. The summed E-state index contributed by atoms with van der Waals surface area (Å²) in [5.74, 6) is 2.46. The van der Waals surface area contributed by atoms with Crippen LogP contribution in [0.1, 0.15) is 30.4 Å². The lowest BCUT2D eigenvalue weighted by molar-refractivity contribution is 0.238. The maximum absolute atomic E-state index is 6.10. The average molecular weight is 389 g/mol. The van der Waals surface area contributed by atoms with Crippen molar-refractivity contribution in [3.63, 3.8) is 0 Å². The first-order valence-corrected chi connectivity index (χ1v) is 11.3. The van der Waals surface area contributed by atoms with Crippen LogP contribution in [-0.2, 0) is 6.54 Å². The Balaban J connectivity index is 1.20. The minimum Gasteiger partial charge on any atom is -0.492 e. The van der Waals surface area contributed by atoms with Gasteiger partial charge in [0.2, 0.25) is 0 Å². The highest BCUT2D eigenvalue weighted by atomic mass is 16.5. The van der Waals surface area contributed by atoms with E-state index in [0.717, 1.165) is 31.4 Å². The molecule has 2 saturated heterocycles. The molecule has 29 heavy (non-hydrogen) atoms. The molecule has 1 aliphatic carbocycles. The Kier molecular flexibility index (Phi) is 5.69. The molecule has 0 N–H and O–H groups in total. The standard InChI is InChI=1S/C26H32N2O/c1-2-7-21(8-3-1)18-28-19-23-11-12-25(26(23)20-28)22-9-6-10-24(17-22)29-16-15-27-13-4-5-14-27/h1-3,6-10,12,17,23,26H,4-5,11,13-16,18-20H2. The van der Waals surface area contributed by atoms with Crippen LogP contribution in [0.2, 0.25) is 0 Å². The summed E-state index contributed by atoms with van der Waals surface area (Å²) < 4.78 is 6.10. The molecule has 0 bridgehead atoms. The number of hydrogen-bond acceptors (Lipinski definition) is 3. The molecule has 2 heterocycles. The molecule has 3 nitrogen and oxygen atoms in total. The molecular weight excluding hydrogens is 356 g/mol. The number of nitrogens with zero attached hydrogens (tertiary/aromatic N) is 2. The molecule has 0 spiro atoms. The summed E-state index contributed by atoms with van der Waals surface area (Å²) in [5, 5.41) is 0. The molecule has 2 unspecified atom stereocenters. The Morgan fingerprint density at radius 3 is 2.62 bits per heavy atom. The third kappa shape index (κ3) is 4.41. The summed E-state index contributed by atoms with van der Waals surface area (Å²) in [6.07, 6.45) is 6.38. The molecule has 0 amide bonds. The van der Waals surface area contributed by atoms with Crippen LogP contribution in [0, 0.1) is 11.8 Å². The number of rotatable bonds is 7. The first-order chi connectivity index (χ1) is 14.3. The van der Waals surface area contributed by atoms with E-state index in [1.165, 1.54) is 62.1 Å². The highest BCUT2D eigenvalue weighted by molar-refractivity contribution is 5.71. The van der Waals surface area contributed by atoms with Crippen LogP contribution in [0.5, 0.6) is 5.75 Å². The van der Waals surface area contributed by atoms with Gasteiger partial charge >= 0.3 is 0 Å². The van der Waals surface area contributed by atoms with Crippen LogP contribution >= 0.6 is 0 Å². The van der Waals surface area contributed by atoms with Gasteiger partial charge in [0.15, 0.2) is 0 Å². The first kappa shape index (κ1) is 18.9. The first-order valence-electron chi connectivity index (χ1n) is 11.3. The van der Waals surface area contributed by atoms with E-state index in [4.69, 9.17) is 4.74 Å². The molecule has 2 aromatic rings. The van der Waals surface area contributed by atoms with Crippen LogP contribution < -0.4 is 4.74 Å². The lowest BCUT2D eigenvalue weighted by Gasteiger charge is -2.18. The third-order valence-electron chi connectivity index (χ3n) is 6.85. The number of allylic oxidation sites excluding steroid dienone is 1. The Hall–Kier alpha value is -2.10. The number of fused-ring (bicyclic) bond motifs is 1. The predicted octanol–water partition coefficient (Wildman–Crippen LogP) is 4.70. The molecule has 2 atom stereocenters. The summed E-state index contributed by atoms with van der Waals surface area (Å²) in [7, 11) is 0. The molecule has 0 radical (unpaired) electrons. The van der Waals surface area contributed by atoms with Crippen molar-refractivity contribution in [3.05, 3.63) is 71.8 Å². The monoisotopic (exact) mass is 388 g/mol. The summed E-state index contributed by atoms with van der Waals surface area (Å²) in [4.78, 5) is 5.14. The van der Waals surface area contributed by atoms with Gasteiger partial charge in [0.25, 0.3) is 0 Å². The summed E-state index contributed by atoms with van der Waals surface area (Å²) in [6, 6.07) is 19.7. The smallest absolute Gasteiger partial charge is 0.119 e. The fourth-order valence-electron chi connectivity index (χ4n) is 5.35. The van der Waals surface area contributed by atoms with Gasteiger partial charge in [-0.1, -0.05) is 48.5 Å². The molecule has 2 fully saturated rings. The molecule has 152 valence electrons. The van der Waals surface area contributed by atoms with Gasteiger partial charge < -0.3 is 4.74 Å². The number of ether oxygens (including phenoxy) is 1. The van der Waals surface area contributed by atoms with Crippen molar-refractivity contribution >= 4 is 5.57 Å². The quantitative estimate of drug-likeness (QED) is 0.684. The molecule has 0 saturated carbocycles. The normalized spacial score (nSPS) is 24.6. The van der Waals surface area contributed by atoms with Crippen molar-refractivity contribution in [1.82, 2.24) is 9.80 Å². The second-order valence-corrected chi connectivity index (χ2v) is 8.87. The highest BCUT2D eigenvalue weighted by Gasteiger charge is 2.38. The topological polar surface area (TPSA) is 15.7 Å². The van der Waals surface area contributed by atoms with Crippen molar-refractivity contribution in [2.24, 2.45) is 11.8 Å². The van der Waals surface area contributed by atoms with Gasteiger partial charge in [-0.15, -0.1) is 0 Å². The fraction of sp³-hybridized carbons (Fsp3) is 0.462. The molecular formula is C26H32N2O. The van der Waals surface area contributed by atoms with E-state index in [-0.39, 0.29) is 0 Å². The Morgan fingerprint density at radius 1 is 0.897 bits per heavy atom. The van der Waals surface area contributed by atoms with E-state index in [1.807, 2.05) is 0 Å². The van der Waals surface area contributed by atoms with E-state index in [2.05, 4.69) is 70.5 Å². The zero-order valence-corrected chi connectivity index (χ0v) is 17.3. The third-order valence-corrected chi connectivity index (χ3v) is 6.85. The molecule has 0 aromatic heterocycles. The van der Waals surface area contributed by atoms with Gasteiger partial charge in [-0.05, 0) is 67.1 Å². The molecule has 3 aliphatic rings. The van der Waals surface area contributed by atoms with Crippen LogP contribution in [0.4, 0.5) is 0 Å². The molecule has 2 aliphatic heterocycles. The van der Waals surface area contributed by atoms with Gasteiger partial charge in [-0.2, -0.15) is 0 Å². The SMILES string of the molecule is C1=C(c2cccc(OCCN3CCCC3)c2)C2CN(Cc3ccccc3)CC2C1. The number of hydrogen-bond donors (Lipinski definition) is 0. The minimum atomic E-state index is 0.665. The molecule has 5 rings (SSSR count). The van der Waals surface area contributed by atoms with E-state index in [1.54, 1.807) is 0 Å². The second kappa shape index (κ2) is 8.73. The highest BCUT2D eigenvalue weighted by Crippen LogP contribution is 2.43. The van der Waals surface area contributed by atoms with Gasteiger partial charge in [0.05, 0.1) is 0 Å². The van der Waals surface area contributed by atoms with E-state index < -0.39 is 0 Å². The van der Waals surface area contributed by atoms with Gasteiger partial charge in [-0.25, -0.2) is 0 Å². The molecule has 2 aromatic carbocycles. The fourth-order valence-corrected chi connectivity index (χ4v) is 5.35. The summed E-state index contributed by atoms with van der Waals surface area (Å²) in [5.41, 5.74) is 4.32. The van der Waals surface area contributed by atoms with Crippen LogP contribution in [-0.4, -0.2) is 49.1 Å². The molecule has 3 heteroatoms. The average Bonchev–Trinajstić information content (AvgIpc) is 3.47. The Bertz CT molecular complexity index is 841. The summed E-state index contributed by atoms with van der Waals surface area (Å²) >= 11 is 0. The van der Waals surface area contributed by atoms with Gasteiger partial charge in [0, 0.05) is 32.1 Å². The van der Waals surface area contributed by atoms with Crippen molar-refractivity contribution in [2.45, 2.75) is 25.8 Å². The van der Waals surface area contributed by atoms with Crippen molar-refractivity contribution < 1.29 is 4.74 Å². The van der Waals surface area contributed by atoms with Crippen LogP contribution in [0.3, 0.4) is 0 Å². The minimum absolute atomic E-state index is 0.665. The van der Waals surface area contributed by atoms with E-state index in [0.29, 0.717) is 5.92 Å². The lowest BCUT2D eigenvalue weighted by atomic mass is 9.90. The van der Waals surface area contributed by atoms with Crippen molar-refractivity contribution in [1.29, 1.82) is 0 Å². The zero-order valence-electron chi connectivity index (χ0n) is 17.3. The maximum Gasteiger partial charge on any atom is 0.119 e. The van der Waals surface area contributed by atoms with Crippen LogP contribution in [0.15, 0.2) is 60.7 Å². The number of likely N-dealkylation sites (tertiary alicyclic amines) is 2. The Labute approximate surface area is 175 Å². The zero-order chi connectivity index (χ0) is 19.5. The van der Waals surface area contributed by atoms with Crippen LogP contribution in [0.25, 0.3) is 5.57 Å². The van der Waals surface area contributed by atoms with Crippen molar-refractivity contribution in [2.75, 3.05) is 39.3 Å². The van der Waals surface area contributed by atoms with E-state index in [9.17, 15) is 0 Å². The van der Waals surface area contributed by atoms with E-state index >= 15 is 0 Å². The van der Waals surface area contributed by atoms with Gasteiger partial charge in [0.1, 0.15) is 12.4 Å². The largest absolute Gasteiger partial charge is 0.492 e. The maximum atomic E-state index is 6.10. The van der Waals surface area contributed by atoms with Gasteiger partial charge in [-0.3, -0.25) is 9.80 Å². The van der Waals surface area contributed by atoms with Crippen molar-refractivity contribution in [3.8, 4) is 5.75 Å². The predicted molar refractivity (Wildman–Crippen MR) is 119 cm³/mol. The number of benzene rings is 2. The second-order valence-electron chi connectivity index (χ2n) is 8.87. The Morgan fingerprint density at radius 2 is 1.76 bits per heavy atom.